The van der Waals surface area contributed by atoms with Gasteiger partial charge in [0.1, 0.15) is 5.82 Å². The van der Waals surface area contributed by atoms with Crippen LogP contribution in [0.1, 0.15) is 32.8 Å². The van der Waals surface area contributed by atoms with E-state index in [2.05, 4.69) is 24.1 Å². The van der Waals surface area contributed by atoms with E-state index in [4.69, 9.17) is 4.74 Å². The van der Waals surface area contributed by atoms with E-state index in [9.17, 15) is 4.39 Å². The molecule has 4 heteroatoms. The molecular weight excluding hydrogens is 255 g/mol. The molecule has 3 nitrogen and oxygen atoms in total. The quantitative estimate of drug-likeness (QED) is 0.704. The van der Waals surface area contributed by atoms with Crippen LogP contribution < -0.4 is 10.2 Å². The number of hydrogen-bond acceptors (Lipinski definition) is 3. The van der Waals surface area contributed by atoms with Gasteiger partial charge in [-0.15, -0.1) is 0 Å². The number of anilines is 1. The van der Waals surface area contributed by atoms with Gasteiger partial charge in [0, 0.05) is 26.2 Å². The van der Waals surface area contributed by atoms with Gasteiger partial charge in [-0.05, 0) is 38.4 Å². The van der Waals surface area contributed by atoms with Crippen LogP contribution in [0.4, 0.5) is 10.1 Å². The molecule has 0 aliphatic heterocycles. The molecule has 1 unspecified atom stereocenters. The van der Waals surface area contributed by atoms with Gasteiger partial charge >= 0.3 is 0 Å². The summed E-state index contributed by atoms with van der Waals surface area (Å²) in [6, 6.07) is 5.44. The molecule has 0 spiro atoms. The molecule has 1 N–H and O–H groups in total. The summed E-state index contributed by atoms with van der Waals surface area (Å²) in [5, 5.41) is 3.34. The molecule has 0 bridgehead atoms. The standard InChI is InChI=1S/C16H27FN2O/c1-5-10-18-11-14-8-7-9-15(17)16(14)19(6-2)13(3)12-20-4/h7-9,13,18H,5-6,10-12H2,1-4H3. The number of rotatable bonds is 9. The predicted octanol–water partition coefficient (Wildman–Crippen LogP) is 3.19. The lowest BCUT2D eigenvalue weighted by atomic mass is 10.1. The van der Waals surface area contributed by atoms with E-state index in [1.807, 2.05) is 13.0 Å². The molecule has 0 amide bonds. The molecule has 0 saturated carbocycles. The second-order valence-electron chi connectivity index (χ2n) is 5.01. The molecule has 20 heavy (non-hydrogen) atoms. The number of nitrogens with zero attached hydrogens (tertiary/aromatic N) is 1. The van der Waals surface area contributed by atoms with Crippen molar-refractivity contribution in [3.8, 4) is 0 Å². The lowest BCUT2D eigenvalue weighted by Crippen LogP contribution is -2.37. The van der Waals surface area contributed by atoms with E-state index in [-0.39, 0.29) is 11.9 Å². The topological polar surface area (TPSA) is 24.5 Å². The van der Waals surface area contributed by atoms with Crippen LogP contribution in [-0.4, -0.2) is 32.8 Å². The molecule has 0 fully saturated rings. The summed E-state index contributed by atoms with van der Waals surface area (Å²) >= 11 is 0. The fourth-order valence-electron chi connectivity index (χ4n) is 2.45. The largest absolute Gasteiger partial charge is 0.383 e. The number of ether oxygens (including phenoxy) is 1. The summed E-state index contributed by atoms with van der Waals surface area (Å²) in [6.45, 7) is 9.20. The molecule has 0 saturated heterocycles. The summed E-state index contributed by atoms with van der Waals surface area (Å²) in [4.78, 5) is 2.07. The average molecular weight is 282 g/mol. The first-order chi connectivity index (χ1) is 9.65. The van der Waals surface area contributed by atoms with E-state index in [0.29, 0.717) is 18.8 Å². The van der Waals surface area contributed by atoms with E-state index in [1.54, 1.807) is 13.2 Å². The summed E-state index contributed by atoms with van der Waals surface area (Å²) < 4.78 is 19.5. The number of hydrogen-bond donors (Lipinski definition) is 1. The molecule has 1 rings (SSSR count). The third-order valence-electron chi connectivity index (χ3n) is 3.38. The molecule has 1 aromatic carbocycles. The van der Waals surface area contributed by atoms with Gasteiger partial charge in [-0.1, -0.05) is 19.1 Å². The molecule has 0 radical (unpaired) electrons. The van der Waals surface area contributed by atoms with Crippen LogP contribution in [0.15, 0.2) is 18.2 Å². The van der Waals surface area contributed by atoms with Crippen LogP contribution in [0.25, 0.3) is 0 Å². The van der Waals surface area contributed by atoms with Crippen LogP contribution in [0.3, 0.4) is 0 Å². The lowest BCUT2D eigenvalue weighted by Gasteiger charge is -2.32. The molecule has 0 aliphatic rings. The third kappa shape index (κ3) is 4.46. The summed E-state index contributed by atoms with van der Waals surface area (Å²) in [5.74, 6) is -0.161. The van der Waals surface area contributed by atoms with Gasteiger partial charge in [-0.2, -0.15) is 0 Å². The number of halogens is 1. The molecule has 0 aromatic heterocycles. The minimum atomic E-state index is -0.161. The van der Waals surface area contributed by atoms with Crippen molar-refractivity contribution < 1.29 is 9.13 Å². The highest BCUT2D eigenvalue weighted by Gasteiger charge is 2.19. The van der Waals surface area contributed by atoms with Crippen LogP contribution in [0.5, 0.6) is 0 Å². The Morgan fingerprint density at radius 3 is 2.70 bits per heavy atom. The number of benzene rings is 1. The lowest BCUT2D eigenvalue weighted by molar-refractivity contribution is 0.181. The van der Waals surface area contributed by atoms with Crippen molar-refractivity contribution >= 4 is 5.69 Å². The Labute approximate surface area is 122 Å². The maximum absolute atomic E-state index is 14.3. The highest BCUT2D eigenvalue weighted by Crippen LogP contribution is 2.26. The summed E-state index contributed by atoms with van der Waals surface area (Å²) in [5.41, 5.74) is 1.70. The van der Waals surface area contributed by atoms with E-state index in [0.717, 1.165) is 25.1 Å². The smallest absolute Gasteiger partial charge is 0.146 e. The van der Waals surface area contributed by atoms with Crippen molar-refractivity contribution in [3.63, 3.8) is 0 Å². The number of methoxy groups -OCH3 is 1. The van der Waals surface area contributed by atoms with Crippen molar-refractivity contribution in [3.05, 3.63) is 29.6 Å². The van der Waals surface area contributed by atoms with Crippen LogP contribution in [-0.2, 0) is 11.3 Å². The zero-order chi connectivity index (χ0) is 15.0. The number of para-hydroxylation sites is 1. The minimum Gasteiger partial charge on any atom is -0.383 e. The zero-order valence-electron chi connectivity index (χ0n) is 13.1. The first-order valence-electron chi connectivity index (χ1n) is 7.39. The second kappa shape index (κ2) is 8.93. The van der Waals surface area contributed by atoms with Gasteiger partial charge in [-0.25, -0.2) is 4.39 Å². The third-order valence-corrected chi connectivity index (χ3v) is 3.38. The van der Waals surface area contributed by atoms with E-state index in [1.165, 1.54) is 6.07 Å². The molecule has 114 valence electrons. The van der Waals surface area contributed by atoms with Crippen LogP contribution >= 0.6 is 0 Å². The molecule has 0 heterocycles. The average Bonchev–Trinajstić information content (AvgIpc) is 2.43. The van der Waals surface area contributed by atoms with Gasteiger partial charge in [0.25, 0.3) is 0 Å². The SMILES string of the molecule is CCCNCc1cccc(F)c1N(CC)C(C)COC. The summed E-state index contributed by atoms with van der Waals surface area (Å²) in [6.07, 6.45) is 1.07. The minimum absolute atomic E-state index is 0.145. The summed E-state index contributed by atoms with van der Waals surface area (Å²) in [7, 11) is 1.68. The van der Waals surface area contributed by atoms with Crippen LogP contribution in [0, 0.1) is 5.82 Å². The van der Waals surface area contributed by atoms with Gasteiger partial charge < -0.3 is 15.0 Å². The first-order valence-corrected chi connectivity index (χ1v) is 7.39. The zero-order valence-corrected chi connectivity index (χ0v) is 13.1. The molecular formula is C16H27FN2O. The fourth-order valence-corrected chi connectivity index (χ4v) is 2.45. The Morgan fingerprint density at radius 2 is 2.10 bits per heavy atom. The van der Waals surface area contributed by atoms with E-state index < -0.39 is 0 Å². The Hall–Kier alpha value is -1.13. The number of likely N-dealkylation sites (N-methyl/N-ethyl adjacent to an activating group) is 1. The first kappa shape index (κ1) is 16.9. The van der Waals surface area contributed by atoms with Crippen molar-refractivity contribution in [2.24, 2.45) is 0 Å². The Bertz CT molecular complexity index is 398. The molecule has 0 aliphatic carbocycles. The predicted molar refractivity (Wildman–Crippen MR) is 82.8 cm³/mol. The Morgan fingerprint density at radius 1 is 1.35 bits per heavy atom. The highest BCUT2D eigenvalue weighted by molar-refractivity contribution is 5.55. The fraction of sp³-hybridized carbons (Fsp3) is 0.625. The normalized spacial score (nSPS) is 12.4. The highest BCUT2D eigenvalue weighted by atomic mass is 19.1. The number of nitrogens with one attached hydrogen (secondary N) is 1. The van der Waals surface area contributed by atoms with Crippen molar-refractivity contribution in [2.45, 2.75) is 39.8 Å². The van der Waals surface area contributed by atoms with E-state index >= 15 is 0 Å². The second-order valence-corrected chi connectivity index (χ2v) is 5.01. The maximum atomic E-state index is 14.3. The van der Waals surface area contributed by atoms with Gasteiger partial charge in [0.05, 0.1) is 12.3 Å². The van der Waals surface area contributed by atoms with Crippen molar-refractivity contribution in [1.29, 1.82) is 0 Å². The van der Waals surface area contributed by atoms with Crippen LogP contribution in [0.2, 0.25) is 0 Å². The molecule has 1 atom stereocenters. The van der Waals surface area contributed by atoms with Crippen molar-refractivity contribution in [2.75, 3.05) is 31.7 Å². The van der Waals surface area contributed by atoms with Gasteiger partial charge in [0.15, 0.2) is 0 Å². The molecule has 1 aromatic rings. The van der Waals surface area contributed by atoms with Crippen molar-refractivity contribution in [1.82, 2.24) is 5.32 Å². The Balaban J connectivity index is 2.99. The Kier molecular flexibility index (Phi) is 7.55. The monoisotopic (exact) mass is 282 g/mol. The van der Waals surface area contributed by atoms with Gasteiger partial charge in [0.2, 0.25) is 0 Å². The maximum Gasteiger partial charge on any atom is 0.146 e. The van der Waals surface area contributed by atoms with Gasteiger partial charge in [-0.3, -0.25) is 0 Å².